The first-order chi connectivity index (χ1) is 11.9. The van der Waals surface area contributed by atoms with E-state index in [4.69, 9.17) is 10.5 Å². The Morgan fingerprint density at radius 2 is 1.76 bits per heavy atom. The van der Waals surface area contributed by atoms with Crippen LogP contribution < -0.4 is 15.8 Å². The van der Waals surface area contributed by atoms with Crippen LogP contribution in [0.2, 0.25) is 0 Å². The molecular weight excluding hydrogens is 324 g/mol. The fourth-order valence-electron chi connectivity index (χ4n) is 2.31. The van der Waals surface area contributed by atoms with Gasteiger partial charge in [0.2, 0.25) is 0 Å². The number of nitrogens with zero attached hydrogens (tertiary/aromatic N) is 1. The lowest BCUT2D eigenvalue weighted by Gasteiger charge is -2.11. The smallest absolute Gasteiger partial charge is 0.193 e. The molecule has 0 radical (unpaired) electrons. The lowest BCUT2D eigenvalue weighted by Crippen LogP contribution is -2.22. The Bertz CT molecular complexity index is 695. The van der Waals surface area contributed by atoms with Crippen LogP contribution in [0.1, 0.15) is 25.8 Å². The molecule has 0 unspecified atom stereocenters. The highest BCUT2D eigenvalue weighted by atomic mass is 19.1. The van der Waals surface area contributed by atoms with Gasteiger partial charge >= 0.3 is 0 Å². The molecule has 6 heteroatoms. The number of benzene rings is 2. The first kappa shape index (κ1) is 18.7. The molecule has 0 aliphatic rings. The molecule has 0 spiro atoms. The fraction of sp³-hybridized carbons (Fsp3) is 0.316. The summed E-state index contributed by atoms with van der Waals surface area (Å²) in [6.07, 6.45) is 1.30. The minimum absolute atomic E-state index is 0.122. The Balaban J connectivity index is 1.79. The Morgan fingerprint density at radius 3 is 2.36 bits per heavy atom. The summed E-state index contributed by atoms with van der Waals surface area (Å²) in [6, 6.07) is 10.9. The van der Waals surface area contributed by atoms with Gasteiger partial charge in [-0.2, -0.15) is 0 Å². The minimum Gasteiger partial charge on any atom is -0.491 e. The van der Waals surface area contributed by atoms with E-state index >= 15 is 0 Å². The molecule has 2 aromatic carbocycles. The summed E-state index contributed by atoms with van der Waals surface area (Å²) in [5.41, 5.74) is 7.26. The highest BCUT2D eigenvalue weighted by molar-refractivity contribution is 5.92. The van der Waals surface area contributed by atoms with Crippen molar-refractivity contribution in [2.75, 3.05) is 11.9 Å². The molecule has 0 heterocycles. The maximum atomic E-state index is 13.1. The van der Waals surface area contributed by atoms with Crippen LogP contribution in [-0.2, 0) is 6.42 Å². The Labute approximate surface area is 146 Å². The average molecular weight is 347 g/mol. The van der Waals surface area contributed by atoms with Crippen molar-refractivity contribution >= 4 is 11.6 Å². The molecular formula is C19H23F2N3O. The van der Waals surface area contributed by atoms with E-state index in [9.17, 15) is 8.78 Å². The maximum absolute atomic E-state index is 13.1. The van der Waals surface area contributed by atoms with Crippen molar-refractivity contribution in [3.05, 3.63) is 59.7 Å². The van der Waals surface area contributed by atoms with E-state index in [1.165, 1.54) is 12.1 Å². The fourth-order valence-corrected chi connectivity index (χ4v) is 2.31. The molecule has 134 valence electrons. The van der Waals surface area contributed by atoms with Gasteiger partial charge in [-0.15, -0.1) is 0 Å². The molecule has 0 atom stereocenters. The topological polar surface area (TPSA) is 59.6 Å². The van der Waals surface area contributed by atoms with E-state index in [1.54, 1.807) is 0 Å². The molecule has 0 bridgehead atoms. The zero-order chi connectivity index (χ0) is 18.2. The van der Waals surface area contributed by atoms with E-state index in [-0.39, 0.29) is 6.10 Å². The lowest BCUT2D eigenvalue weighted by molar-refractivity contribution is 0.242. The third-order valence-electron chi connectivity index (χ3n) is 3.33. The quantitative estimate of drug-likeness (QED) is 0.450. The lowest BCUT2D eigenvalue weighted by atomic mass is 10.1. The van der Waals surface area contributed by atoms with Crippen molar-refractivity contribution in [1.29, 1.82) is 0 Å². The van der Waals surface area contributed by atoms with Crippen LogP contribution in [0.3, 0.4) is 0 Å². The van der Waals surface area contributed by atoms with Crippen LogP contribution in [0.25, 0.3) is 0 Å². The van der Waals surface area contributed by atoms with Crippen LogP contribution in [0, 0.1) is 11.6 Å². The Kier molecular flexibility index (Phi) is 6.74. The predicted molar refractivity (Wildman–Crippen MR) is 97.0 cm³/mol. The number of hydrogen-bond acceptors (Lipinski definition) is 2. The standard InChI is InChI=1S/C19H23F2N3O/c1-13(2)25-18-7-5-17(6-8-18)24-19(22)23-9-3-4-14-10-15(20)12-16(21)11-14/h5-8,10-13H,3-4,9H2,1-2H3,(H3,22,23,24). The Morgan fingerprint density at radius 1 is 1.12 bits per heavy atom. The molecule has 0 amide bonds. The summed E-state index contributed by atoms with van der Waals surface area (Å²) in [6.45, 7) is 4.40. The van der Waals surface area contributed by atoms with Gasteiger partial charge in [0.15, 0.2) is 5.96 Å². The predicted octanol–water partition coefficient (Wildman–Crippen LogP) is 4.11. The van der Waals surface area contributed by atoms with E-state index in [0.717, 1.165) is 17.5 Å². The van der Waals surface area contributed by atoms with Gasteiger partial charge in [-0.3, -0.25) is 4.99 Å². The zero-order valence-electron chi connectivity index (χ0n) is 14.4. The van der Waals surface area contributed by atoms with Gasteiger partial charge in [-0.25, -0.2) is 8.78 Å². The van der Waals surface area contributed by atoms with Gasteiger partial charge in [-0.1, -0.05) is 0 Å². The first-order valence-corrected chi connectivity index (χ1v) is 8.21. The number of hydrogen-bond donors (Lipinski definition) is 2. The summed E-state index contributed by atoms with van der Waals surface area (Å²) in [5.74, 6) is -0.0458. The second-order valence-electron chi connectivity index (χ2n) is 5.96. The average Bonchev–Trinajstić information content (AvgIpc) is 2.52. The molecule has 0 aromatic heterocycles. The number of anilines is 1. The minimum atomic E-state index is -0.565. The summed E-state index contributed by atoms with van der Waals surface area (Å²) < 4.78 is 31.8. The van der Waals surface area contributed by atoms with Crippen LogP contribution in [0.15, 0.2) is 47.5 Å². The van der Waals surface area contributed by atoms with Crippen molar-refractivity contribution in [3.63, 3.8) is 0 Å². The number of ether oxygens (including phenoxy) is 1. The van der Waals surface area contributed by atoms with Gasteiger partial charge in [-0.05, 0) is 68.7 Å². The Hall–Kier alpha value is -2.63. The zero-order valence-corrected chi connectivity index (χ0v) is 14.4. The number of halogens is 2. The first-order valence-electron chi connectivity index (χ1n) is 8.21. The highest BCUT2D eigenvalue weighted by Gasteiger charge is 2.01. The van der Waals surface area contributed by atoms with E-state index < -0.39 is 11.6 Å². The summed E-state index contributed by atoms with van der Waals surface area (Å²) in [7, 11) is 0. The number of nitrogens with two attached hydrogens (primary N) is 1. The molecule has 0 saturated heterocycles. The summed E-state index contributed by atoms with van der Waals surface area (Å²) >= 11 is 0. The van der Waals surface area contributed by atoms with Crippen LogP contribution >= 0.6 is 0 Å². The molecule has 0 saturated carbocycles. The number of nitrogens with one attached hydrogen (secondary N) is 1. The number of aryl methyl sites for hydroxylation is 1. The summed E-state index contributed by atoms with van der Waals surface area (Å²) in [5, 5.41) is 2.99. The summed E-state index contributed by atoms with van der Waals surface area (Å²) in [4.78, 5) is 4.21. The van der Waals surface area contributed by atoms with Crippen molar-refractivity contribution < 1.29 is 13.5 Å². The molecule has 2 aromatic rings. The largest absolute Gasteiger partial charge is 0.491 e. The van der Waals surface area contributed by atoms with Crippen molar-refractivity contribution in [2.45, 2.75) is 32.8 Å². The van der Waals surface area contributed by atoms with Gasteiger partial charge in [0.25, 0.3) is 0 Å². The van der Waals surface area contributed by atoms with Gasteiger partial charge in [0, 0.05) is 18.3 Å². The van der Waals surface area contributed by atoms with Crippen molar-refractivity contribution in [3.8, 4) is 5.75 Å². The molecule has 3 N–H and O–H groups in total. The second kappa shape index (κ2) is 9.01. The van der Waals surface area contributed by atoms with E-state index in [1.807, 2.05) is 38.1 Å². The normalized spacial score (nSPS) is 11.6. The van der Waals surface area contributed by atoms with E-state index in [0.29, 0.717) is 30.9 Å². The molecule has 25 heavy (non-hydrogen) atoms. The maximum Gasteiger partial charge on any atom is 0.193 e. The monoisotopic (exact) mass is 347 g/mol. The third-order valence-corrected chi connectivity index (χ3v) is 3.33. The molecule has 0 fully saturated rings. The number of aliphatic imine (C=N–C) groups is 1. The number of guanidine groups is 1. The molecule has 0 aliphatic carbocycles. The van der Waals surface area contributed by atoms with Gasteiger partial charge < -0.3 is 15.8 Å². The van der Waals surface area contributed by atoms with Crippen molar-refractivity contribution in [2.24, 2.45) is 10.7 Å². The van der Waals surface area contributed by atoms with Crippen LogP contribution in [-0.4, -0.2) is 18.6 Å². The highest BCUT2D eigenvalue weighted by Crippen LogP contribution is 2.16. The van der Waals surface area contributed by atoms with Crippen LogP contribution in [0.5, 0.6) is 5.75 Å². The molecule has 0 aliphatic heterocycles. The second-order valence-corrected chi connectivity index (χ2v) is 5.96. The van der Waals surface area contributed by atoms with Crippen LogP contribution in [0.4, 0.5) is 14.5 Å². The molecule has 2 rings (SSSR count). The molecule has 4 nitrogen and oxygen atoms in total. The van der Waals surface area contributed by atoms with Gasteiger partial charge in [0.05, 0.1) is 6.10 Å². The SMILES string of the molecule is CC(C)Oc1ccc(NC(N)=NCCCc2cc(F)cc(F)c2)cc1. The van der Waals surface area contributed by atoms with Gasteiger partial charge in [0.1, 0.15) is 17.4 Å². The third kappa shape index (κ3) is 6.79. The number of rotatable bonds is 7. The van der Waals surface area contributed by atoms with Crippen molar-refractivity contribution in [1.82, 2.24) is 0 Å². The van der Waals surface area contributed by atoms with E-state index in [2.05, 4.69) is 10.3 Å².